The van der Waals surface area contributed by atoms with Gasteiger partial charge < -0.3 is 14.7 Å². The van der Waals surface area contributed by atoms with Crippen LogP contribution in [0.4, 0.5) is 8.78 Å². The number of likely N-dealkylation sites (tertiary alicyclic amines) is 1. The highest BCUT2D eigenvalue weighted by Crippen LogP contribution is 2.43. The summed E-state index contributed by atoms with van der Waals surface area (Å²) in [5.41, 5.74) is 4.07. The molecule has 0 radical (unpaired) electrons. The fourth-order valence-electron chi connectivity index (χ4n) is 7.86. The molecule has 1 saturated heterocycles. The van der Waals surface area contributed by atoms with Gasteiger partial charge >= 0.3 is 5.97 Å². The van der Waals surface area contributed by atoms with Crippen molar-refractivity contribution in [1.29, 1.82) is 0 Å². The van der Waals surface area contributed by atoms with Crippen molar-refractivity contribution in [2.24, 2.45) is 11.8 Å². The van der Waals surface area contributed by atoms with Gasteiger partial charge in [0.15, 0.2) is 11.6 Å². The van der Waals surface area contributed by atoms with Crippen LogP contribution in [-0.4, -0.2) is 76.5 Å². The Hall–Kier alpha value is -3.30. The minimum absolute atomic E-state index is 0.00681. The molecule has 9 heteroatoms. The van der Waals surface area contributed by atoms with Crippen molar-refractivity contribution in [1.82, 2.24) is 19.6 Å². The highest BCUT2D eigenvalue weighted by atomic mass is 19.1. The molecule has 4 atom stereocenters. The smallest absolute Gasteiger partial charge is 0.321 e. The Labute approximate surface area is 266 Å². The molecule has 0 bridgehead atoms. The number of carbonyl (C=O) groups is 1. The summed E-state index contributed by atoms with van der Waals surface area (Å²) < 4.78 is 35.7. The highest BCUT2D eigenvalue weighted by molar-refractivity contribution is 5.73. The molecule has 2 fully saturated rings. The number of aromatic nitrogens is 2. The van der Waals surface area contributed by atoms with Gasteiger partial charge in [0.1, 0.15) is 11.9 Å². The van der Waals surface area contributed by atoms with E-state index in [0.29, 0.717) is 18.3 Å². The second-order valence-corrected chi connectivity index (χ2v) is 13.3. The lowest BCUT2D eigenvalue weighted by molar-refractivity contribution is -0.145. The van der Waals surface area contributed by atoms with Gasteiger partial charge in [0, 0.05) is 37.2 Å². The first-order valence-corrected chi connectivity index (χ1v) is 16.4. The number of rotatable bonds is 12. The van der Waals surface area contributed by atoms with Crippen molar-refractivity contribution < 1.29 is 23.4 Å². The Bertz CT molecular complexity index is 1450. The van der Waals surface area contributed by atoms with E-state index in [-0.39, 0.29) is 35.3 Å². The van der Waals surface area contributed by atoms with Crippen LogP contribution in [-0.2, 0) is 17.8 Å². The topological polar surface area (TPSA) is 70.8 Å². The third-order valence-electron chi connectivity index (χ3n) is 10.1. The van der Waals surface area contributed by atoms with Crippen molar-refractivity contribution in [3.8, 4) is 5.75 Å². The van der Waals surface area contributed by atoms with Gasteiger partial charge in [0.05, 0.1) is 12.8 Å². The van der Waals surface area contributed by atoms with E-state index in [9.17, 15) is 18.7 Å². The van der Waals surface area contributed by atoms with Crippen LogP contribution in [0.3, 0.4) is 0 Å². The molecule has 0 amide bonds. The van der Waals surface area contributed by atoms with Gasteiger partial charge in [-0.3, -0.25) is 14.4 Å². The molecular weight excluding hydrogens is 574 g/mol. The Morgan fingerprint density at radius 1 is 1.11 bits per heavy atom. The summed E-state index contributed by atoms with van der Waals surface area (Å²) in [5.74, 6) is -0.239. The number of aliphatic carboxylic acids is 1. The van der Waals surface area contributed by atoms with Crippen molar-refractivity contribution in [2.45, 2.75) is 83.3 Å². The lowest BCUT2D eigenvalue weighted by Crippen LogP contribution is -2.47. The molecule has 2 aliphatic rings. The molecule has 5 rings (SSSR count). The zero-order valence-electron chi connectivity index (χ0n) is 27.3. The monoisotopic (exact) mass is 622 g/mol. The van der Waals surface area contributed by atoms with E-state index < -0.39 is 12.0 Å². The molecule has 1 aromatic heterocycles. The third kappa shape index (κ3) is 7.58. The van der Waals surface area contributed by atoms with E-state index in [1.165, 1.54) is 24.9 Å². The molecule has 1 saturated carbocycles. The average Bonchev–Trinajstić information content (AvgIpc) is 3.61. The lowest BCUT2D eigenvalue weighted by atomic mass is 9.87. The normalized spacial score (nSPS) is 21.9. The quantitative estimate of drug-likeness (QED) is 0.247. The van der Waals surface area contributed by atoms with Crippen LogP contribution in [0.5, 0.6) is 5.75 Å². The predicted octanol–water partition coefficient (Wildman–Crippen LogP) is 6.56. The van der Waals surface area contributed by atoms with Crippen LogP contribution in [0, 0.1) is 23.5 Å². The number of ether oxygens (including phenoxy) is 1. The average molecular weight is 623 g/mol. The summed E-state index contributed by atoms with van der Waals surface area (Å²) >= 11 is 0. The first kappa shape index (κ1) is 33.1. The zero-order chi connectivity index (χ0) is 32.2. The Kier molecular flexibility index (Phi) is 10.6. The van der Waals surface area contributed by atoms with Crippen LogP contribution in [0.15, 0.2) is 48.5 Å². The maximum atomic E-state index is 14.3. The number of hydrogen-bond acceptors (Lipinski definition) is 5. The zero-order valence-corrected chi connectivity index (χ0v) is 27.3. The maximum Gasteiger partial charge on any atom is 0.321 e. The minimum Gasteiger partial charge on any atom is -0.494 e. The van der Waals surface area contributed by atoms with Crippen molar-refractivity contribution in [3.63, 3.8) is 0 Å². The number of aryl methyl sites for hydroxylation is 1. The van der Waals surface area contributed by atoms with Crippen LogP contribution >= 0.6 is 0 Å². The summed E-state index contributed by atoms with van der Waals surface area (Å²) in [6.07, 6.45) is 4.34. The SMILES string of the molecule is CCn1nc(Cc2ccc(OC)c(F)c2)cc1C1CCN(CC2CC(N(C)[C@@H](C(=O)O)C(C)C)CC2c2cccc(F)c2)CC1. The Balaban J connectivity index is 1.25. The second kappa shape index (κ2) is 14.4. The fraction of sp³-hybridized carbons (Fsp3) is 0.556. The molecule has 2 aromatic carbocycles. The highest BCUT2D eigenvalue weighted by Gasteiger charge is 2.42. The van der Waals surface area contributed by atoms with E-state index in [0.717, 1.165) is 68.7 Å². The van der Waals surface area contributed by atoms with Crippen LogP contribution in [0.1, 0.15) is 80.8 Å². The molecule has 2 heterocycles. The molecule has 1 aliphatic carbocycles. The maximum absolute atomic E-state index is 14.3. The van der Waals surface area contributed by atoms with E-state index in [1.54, 1.807) is 18.2 Å². The Morgan fingerprint density at radius 3 is 2.49 bits per heavy atom. The summed E-state index contributed by atoms with van der Waals surface area (Å²) in [6.45, 7) is 9.66. The predicted molar refractivity (Wildman–Crippen MR) is 172 cm³/mol. The molecular formula is C36H48F2N4O3. The molecule has 3 aromatic rings. The molecule has 7 nitrogen and oxygen atoms in total. The number of carboxylic acid groups (broad SMARTS) is 1. The molecule has 0 spiro atoms. The number of halogens is 2. The summed E-state index contributed by atoms with van der Waals surface area (Å²) in [6, 6.07) is 13.8. The standard InChI is InChI=1S/C36H48F2N4O3/c1-6-42-33(20-29(39-42)16-24-10-11-34(45-5)32(38)17-24)25-12-14-41(15-13-25)22-27-19-30(40(4)35(23(2)3)36(43)44)21-31(27)26-8-7-9-28(37)18-26/h7-11,17-18,20,23,25,27,30-31,35H,6,12-16,19,21-22H2,1-5H3,(H,43,44)/t27?,30?,31?,35-/m1/s1. The van der Waals surface area contributed by atoms with Crippen LogP contribution in [0.25, 0.3) is 0 Å². The van der Waals surface area contributed by atoms with Gasteiger partial charge in [-0.2, -0.15) is 5.10 Å². The number of likely N-dealkylation sites (N-methyl/N-ethyl adjacent to an activating group) is 1. The van der Waals surface area contributed by atoms with Gasteiger partial charge in [-0.15, -0.1) is 0 Å². The largest absolute Gasteiger partial charge is 0.494 e. The summed E-state index contributed by atoms with van der Waals surface area (Å²) in [7, 11) is 3.41. The number of carboxylic acids is 1. The number of hydrogen-bond donors (Lipinski definition) is 1. The van der Waals surface area contributed by atoms with Gasteiger partial charge in [0.2, 0.25) is 0 Å². The van der Waals surface area contributed by atoms with Crippen molar-refractivity contribution in [3.05, 3.63) is 82.7 Å². The van der Waals surface area contributed by atoms with E-state index in [4.69, 9.17) is 9.84 Å². The second-order valence-electron chi connectivity index (χ2n) is 13.3. The Morgan fingerprint density at radius 2 is 1.87 bits per heavy atom. The summed E-state index contributed by atoms with van der Waals surface area (Å²) in [5, 5.41) is 14.8. The molecule has 45 heavy (non-hydrogen) atoms. The number of nitrogens with zero attached hydrogens (tertiary/aromatic N) is 4. The van der Waals surface area contributed by atoms with Crippen LogP contribution < -0.4 is 4.74 Å². The van der Waals surface area contributed by atoms with Crippen molar-refractivity contribution >= 4 is 5.97 Å². The summed E-state index contributed by atoms with van der Waals surface area (Å²) in [4.78, 5) is 16.7. The van der Waals surface area contributed by atoms with Gasteiger partial charge in [-0.25, -0.2) is 8.78 Å². The van der Waals surface area contributed by atoms with E-state index in [1.807, 2.05) is 33.0 Å². The van der Waals surface area contributed by atoms with Crippen molar-refractivity contribution in [2.75, 3.05) is 33.8 Å². The number of methoxy groups -OCH3 is 1. The van der Waals surface area contributed by atoms with E-state index in [2.05, 4.69) is 27.5 Å². The minimum atomic E-state index is -0.786. The molecule has 244 valence electrons. The molecule has 3 unspecified atom stereocenters. The number of benzene rings is 2. The van der Waals surface area contributed by atoms with Gasteiger partial charge in [-0.1, -0.05) is 32.0 Å². The number of piperidine rings is 1. The van der Waals surface area contributed by atoms with Crippen LogP contribution in [0.2, 0.25) is 0 Å². The lowest BCUT2D eigenvalue weighted by Gasteiger charge is -2.35. The first-order valence-electron chi connectivity index (χ1n) is 16.4. The molecule has 1 aliphatic heterocycles. The fourth-order valence-corrected chi connectivity index (χ4v) is 7.86. The third-order valence-corrected chi connectivity index (χ3v) is 10.1. The van der Waals surface area contributed by atoms with Gasteiger partial charge in [-0.05, 0) is 112 Å². The molecule has 1 N–H and O–H groups in total. The first-order chi connectivity index (χ1) is 21.6. The van der Waals surface area contributed by atoms with Gasteiger partial charge in [0.25, 0.3) is 0 Å². The van der Waals surface area contributed by atoms with E-state index >= 15 is 0 Å².